The van der Waals surface area contributed by atoms with E-state index in [1.165, 1.54) is 13.3 Å². The van der Waals surface area contributed by atoms with Crippen molar-refractivity contribution >= 4 is 17.4 Å². The second-order valence-corrected chi connectivity index (χ2v) is 10.6. The van der Waals surface area contributed by atoms with Gasteiger partial charge in [0.25, 0.3) is 0 Å². The van der Waals surface area contributed by atoms with Crippen molar-refractivity contribution < 1.29 is 15.0 Å². The van der Waals surface area contributed by atoms with Crippen molar-refractivity contribution in [1.29, 1.82) is 0 Å². The predicted octanol–water partition coefficient (Wildman–Crippen LogP) is 3.93. The van der Waals surface area contributed by atoms with Gasteiger partial charge >= 0.3 is 0 Å². The van der Waals surface area contributed by atoms with Crippen molar-refractivity contribution in [3.05, 3.63) is 0 Å². The molecule has 4 fully saturated rings. The highest BCUT2D eigenvalue weighted by molar-refractivity contribution is 6.24. The highest BCUT2D eigenvalue weighted by atomic mass is 35.5. The first-order chi connectivity index (χ1) is 11.6. The van der Waals surface area contributed by atoms with E-state index < -0.39 is 11.0 Å². The molecule has 0 aliphatic heterocycles. The van der Waals surface area contributed by atoms with Crippen molar-refractivity contribution in [3.8, 4) is 0 Å². The Balaban J connectivity index is 1.67. The third-order valence-electron chi connectivity index (χ3n) is 9.35. The number of rotatable bonds is 1. The third kappa shape index (κ3) is 2.21. The van der Waals surface area contributed by atoms with Gasteiger partial charge in [-0.05, 0) is 87.4 Å². The number of hydrogen-bond donors (Lipinski definition) is 2. The summed E-state index contributed by atoms with van der Waals surface area (Å²) in [6, 6.07) is 0. The van der Waals surface area contributed by atoms with Crippen molar-refractivity contribution in [1.82, 2.24) is 0 Å². The number of carbonyl (C=O) groups is 1. The van der Waals surface area contributed by atoms with Gasteiger partial charge in [-0.2, -0.15) is 0 Å². The highest BCUT2D eigenvalue weighted by Crippen LogP contribution is 2.68. The van der Waals surface area contributed by atoms with Gasteiger partial charge < -0.3 is 10.2 Å². The Morgan fingerprint density at radius 2 is 1.76 bits per heavy atom. The summed E-state index contributed by atoms with van der Waals surface area (Å²) in [6.45, 7) is 6.08. The number of ketones is 1. The molecule has 0 radical (unpaired) electrons. The van der Waals surface area contributed by atoms with Crippen LogP contribution >= 0.6 is 11.6 Å². The normalized spacial score (nSPS) is 58.2. The van der Waals surface area contributed by atoms with Crippen molar-refractivity contribution in [2.75, 3.05) is 0 Å². The lowest BCUT2D eigenvalue weighted by atomic mass is 9.44. The van der Waals surface area contributed by atoms with Gasteiger partial charge in [0.15, 0.2) is 5.78 Å². The molecule has 9 atom stereocenters. The lowest BCUT2D eigenvalue weighted by Crippen LogP contribution is -2.60. The first kappa shape index (κ1) is 18.3. The molecule has 0 heterocycles. The fourth-order valence-electron chi connectivity index (χ4n) is 7.84. The monoisotopic (exact) mass is 368 g/mol. The first-order valence-corrected chi connectivity index (χ1v) is 10.6. The van der Waals surface area contributed by atoms with Gasteiger partial charge in [0.1, 0.15) is 5.60 Å². The minimum atomic E-state index is -1.37. The molecule has 4 heteroatoms. The number of aliphatic hydroxyl groups excluding tert-OH is 1. The van der Waals surface area contributed by atoms with Crippen LogP contribution in [-0.2, 0) is 4.79 Å². The number of hydrogen-bond acceptors (Lipinski definition) is 3. The van der Waals surface area contributed by atoms with E-state index in [4.69, 9.17) is 11.6 Å². The molecular formula is C21H33ClO3. The number of carbonyl (C=O) groups excluding carboxylic acids is 1. The Labute approximate surface area is 156 Å². The van der Waals surface area contributed by atoms with Crippen molar-refractivity contribution in [2.24, 2.45) is 34.5 Å². The molecule has 0 aromatic rings. The maximum Gasteiger partial charge on any atom is 0.163 e. The van der Waals surface area contributed by atoms with Crippen LogP contribution in [0.3, 0.4) is 0 Å². The van der Waals surface area contributed by atoms with Crippen LogP contribution in [0.25, 0.3) is 0 Å². The van der Waals surface area contributed by atoms with Gasteiger partial charge in [0.05, 0.1) is 11.5 Å². The molecule has 4 saturated carbocycles. The van der Waals surface area contributed by atoms with Crippen LogP contribution in [-0.4, -0.2) is 33.1 Å². The summed E-state index contributed by atoms with van der Waals surface area (Å²) in [6.07, 6.45) is 7.95. The van der Waals surface area contributed by atoms with Crippen LogP contribution in [0.15, 0.2) is 0 Å². The van der Waals surface area contributed by atoms with Crippen LogP contribution < -0.4 is 0 Å². The average molecular weight is 369 g/mol. The lowest BCUT2D eigenvalue weighted by molar-refractivity contribution is -0.170. The number of alkyl halides is 1. The molecule has 4 aliphatic rings. The summed E-state index contributed by atoms with van der Waals surface area (Å²) in [5.74, 6) is 2.02. The first-order valence-electron chi connectivity index (χ1n) is 10.2. The van der Waals surface area contributed by atoms with Crippen molar-refractivity contribution in [3.63, 3.8) is 0 Å². The summed E-state index contributed by atoms with van der Waals surface area (Å²) < 4.78 is 0. The smallest absolute Gasteiger partial charge is 0.163 e. The second-order valence-electron chi connectivity index (χ2n) is 10.1. The third-order valence-corrected chi connectivity index (χ3v) is 9.84. The standard InChI is InChI=1S/C21H33ClO3/c1-12(23)21(25)18(22)11-17-15-5-4-13-10-14(24)6-8-19(13,2)16(15)7-9-20(17,21)3/h13-18,24-25H,4-11H2,1-3H3. The van der Waals surface area contributed by atoms with E-state index in [2.05, 4.69) is 13.8 Å². The number of fused-ring (bicyclic) bond motifs is 5. The minimum absolute atomic E-state index is 0.120. The quantitative estimate of drug-likeness (QED) is 0.689. The topological polar surface area (TPSA) is 57.5 Å². The number of Topliss-reactive ketones (excluding diaryl/α,β-unsaturated/α-hetero) is 1. The molecule has 2 N–H and O–H groups in total. The van der Waals surface area contributed by atoms with E-state index in [9.17, 15) is 15.0 Å². The van der Waals surface area contributed by atoms with E-state index in [1.807, 2.05) is 0 Å². The summed E-state index contributed by atoms with van der Waals surface area (Å²) >= 11 is 6.60. The van der Waals surface area contributed by atoms with Crippen LogP contribution in [0, 0.1) is 34.5 Å². The largest absolute Gasteiger partial charge is 0.393 e. The molecule has 3 nitrogen and oxygen atoms in total. The Hall–Kier alpha value is -0.120. The van der Waals surface area contributed by atoms with E-state index in [-0.39, 0.29) is 17.3 Å². The highest BCUT2D eigenvalue weighted by Gasteiger charge is 2.69. The molecule has 4 rings (SSSR count). The van der Waals surface area contributed by atoms with E-state index in [0.717, 1.165) is 44.9 Å². The van der Waals surface area contributed by atoms with E-state index in [1.54, 1.807) is 0 Å². The molecule has 9 unspecified atom stereocenters. The van der Waals surface area contributed by atoms with E-state index >= 15 is 0 Å². The Bertz CT molecular complexity index is 579. The minimum Gasteiger partial charge on any atom is -0.393 e. The zero-order valence-corrected chi connectivity index (χ0v) is 16.6. The fraction of sp³-hybridized carbons (Fsp3) is 0.952. The average Bonchev–Trinajstić information content (AvgIpc) is 2.77. The lowest BCUT2D eigenvalue weighted by Gasteiger charge is -2.61. The fourth-order valence-corrected chi connectivity index (χ4v) is 8.43. The molecule has 0 aromatic heterocycles. The van der Waals surface area contributed by atoms with Gasteiger partial charge in [-0.3, -0.25) is 4.79 Å². The summed E-state index contributed by atoms with van der Waals surface area (Å²) in [5, 5.41) is 21.0. The summed E-state index contributed by atoms with van der Waals surface area (Å²) in [7, 11) is 0. The van der Waals surface area contributed by atoms with Crippen LogP contribution in [0.4, 0.5) is 0 Å². The van der Waals surface area contributed by atoms with Crippen LogP contribution in [0.5, 0.6) is 0 Å². The van der Waals surface area contributed by atoms with Gasteiger partial charge in [-0.25, -0.2) is 0 Å². The Kier molecular flexibility index (Phi) is 4.15. The molecule has 0 bridgehead atoms. The second kappa shape index (κ2) is 5.69. The molecule has 0 saturated heterocycles. The zero-order valence-electron chi connectivity index (χ0n) is 15.8. The van der Waals surface area contributed by atoms with Gasteiger partial charge in [0, 0.05) is 5.41 Å². The number of aliphatic hydroxyl groups is 2. The summed E-state index contributed by atoms with van der Waals surface area (Å²) in [4.78, 5) is 12.4. The SMILES string of the molecule is CC(=O)C1(O)C(Cl)CC2C3CCC4CC(O)CCC4(C)C3CCC21C. The van der Waals surface area contributed by atoms with Gasteiger partial charge in [-0.15, -0.1) is 11.6 Å². The van der Waals surface area contributed by atoms with Gasteiger partial charge in [0.2, 0.25) is 0 Å². The molecule has 25 heavy (non-hydrogen) atoms. The molecular weight excluding hydrogens is 336 g/mol. The maximum absolute atomic E-state index is 12.4. The van der Waals surface area contributed by atoms with E-state index in [0.29, 0.717) is 29.1 Å². The Morgan fingerprint density at radius 3 is 2.44 bits per heavy atom. The summed E-state index contributed by atoms with van der Waals surface area (Å²) in [5.41, 5.74) is -1.45. The Morgan fingerprint density at radius 1 is 1.04 bits per heavy atom. The maximum atomic E-state index is 12.4. The van der Waals surface area contributed by atoms with Crippen molar-refractivity contribution in [2.45, 2.75) is 89.2 Å². The van der Waals surface area contributed by atoms with Crippen LogP contribution in [0.1, 0.15) is 72.1 Å². The zero-order chi connectivity index (χ0) is 18.2. The molecule has 0 spiro atoms. The van der Waals surface area contributed by atoms with Crippen LogP contribution in [0.2, 0.25) is 0 Å². The molecule has 142 valence electrons. The molecule has 4 aliphatic carbocycles. The molecule has 0 aromatic carbocycles. The van der Waals surface area contributed by atoms with Gasteiger partial charge in [-0.1, -0.05) is 13.8 Å². The molecule has 0 amide bonds. The predicted molar refractivity (Wildman–Crippen MR) is 98.4 cm³/mol. The number of halogens is 1.